The molecule has 1 aromatic heterocycles. The quantitative estimate of drug-likeness (QED) is 0.872. The first-order valence-corrected chi connectivity index (χ1v) is 5.82. The average molecular weight is 257 g/mol. The molecule has 0 spiro atoms. The SMILES string of the molecule is COc1cccc(CNC(=O)c2cccc(N)n2)c1. The summed E-state index contributed by atoms with van der Waals surface area (Å²) in [6, 6.07) is 12.5. The summed E-state index contributed by atoms with van der Waals surface area (Å²) in [6.45, 7) is 0.409. The van der Waals surface area contributed by atoms with E-state index >= 15 is 0 Å². The summed E-state index contributed by atoms with van der Waals surface area (Å²) < 4.78 is 5.12. The van der Waals surface area contributed by atoms with E-state index in [0.717, 1.165) is 11.3 Å². The summed E-state index contributed by atoms with van der Waals surface area (Å²) in [7, 11) is 1.61. The van der Waals surface area contributed by atoms with Crippen molar-refractivity contribution in [2.45, 2.75) is 6.54 Å². The number of nitrogens with one attached hydrogen (secondary N) is 1. The molecule has 0 radical (unpaired) electrons. The summed E-state index contributed by atoms with van der Waals surface area (Å²) in [5.74, 6) is 0.831. The monoisotopic (exact) mass is 257 g/mol. The van der Waals surface area contributed by atoms with Crippen molar-refractivity contribution in [3.05, 3.63) is 53.7 Å². The Kier molecular flexibility index (Phi) is 3.97. The number of hydrogen-bond acceptors (Lipinski definition) is 4. The maximum absolute atomic E-state index is 11.9. The molecule has 2 aromatic rings. The zero-order chi connectivity index (χ0) is 13.7. The van der Waals surface area contributed by atoms with Crippen LogP contribution < -0.4 is 15.8 Å². The Morgan fingerprint density at radius 3 is 2.84 bits per heavy atom. The van der Waals surface area contributed by atoms with Gasteiger partial charge in [-0.15, -0.1) is 0 Å². The smallest absolute Gasteiger partial charge is 0.270 e. The van der Waals surface area contributed by atoms with E-state index in [1.54, 1.807) is 25.3 Å². The molecule has 0 aliphatic heterocycles. The van der Waals surface area contributed by atoms with E-state index in [1.807, 2.05) is 24.3 Å². The highest BCUT2D eigenvalue weighted by Crippen LogP contribution is 2.12. The molecule has 0 aliphatic rings. The Bertz CT molecular complexity index is 584. The van der Waals surface area contributed by atoms with Crippen molar-refractivity contribution in [2.75, 3.05) is 12.8 Å². The van der Waals surface area contributed by atoms with Crippen molar-refractivity contribution in [3.63, 3.8) is 0 Å². The van der Waals surface area contributed by atoms with Crippen LogP contribution in [0.1, 0.15) is 16.1 Å². The predicted molar refractivity (Wildman–Crippen MR) is 72.8 cm³/mol. The molecular formula is C14H15N3O2. The molecule has 3 N–H and O–H groups in total. The van der Waals surface area contributed by atoms with Gasteiger partial charge in [0.25, 0.3) is 5.91 Å². The number of nitrogen functional groups attached to an aromatic ring is 1. The number of nitrogens with two attached hydrogens (primary N) is 1. The Morgan fingerprint density at radius 1 is 1.32 bits per heavy atom. The topological polar surface area (TPSA) is 77.2 Å². The highest BCUT2D eigenvalue weighted by molar-refractivity contribution is 5.92. The van der Waals surface area contributed by atoms with Crippen LogP contribution in [0.4, 0.5) is 5.82 Å². The van der Waals surface area contributed by atoms with E-state index in [0.29, 0.717) is 18.1 Å². The van der Waals surface area contributed by atoms with E-state index in [2.05, 4.69) is 10.3 Å². The van der Waals surface area contributed by atoms with Gasteiger partial charge in [-0.05, 0) is 29.8 Å². The third kappa shape index (κ3) is 3.45. The van der Waals surface area contributed by atoms with Crippen molar-refractivity contribution in [2.24, 2.45) is 0 Å². The van der Waals surface area contributed by atoms with Crippen molar-refractivity contribution < 1.29 is 9.53 Å². The van der Waals surface area contributed by atoms with Gasteiger partial charge in [0.15, 0.2) is 0 Å². The molecule has 0 atom stereocenters. The van der Waals surface area contributed by atoms with Crippen LogP contribution in [-0.4, -0.2) is 18.0 Å². The fourth-order valence-electron chi connectivity index (χ4n) is 1.63. The molecule has 5 heteroatoms. The predicted octanol–water partition coefficient (Wildman–Crippen LogP) is 1.60. The van der Waals surface area contributed by atoms with E-state index < -0.39 is 0 Å². The maximum atomic E-state index is 11.9. The molecule has 2 rings (SSSR count). The minimum Gasteiger partial charge on any atom is -0.497 e. The van der Waals surface area contributed by atoms with Gasteiger partial charge in [-0.1, -0.05) is 18.2 Å². The molecule has 1 amide bonds. The first-order valence-electron chi connectivity index (χ1n) is 5.82. The fourth-order valence-corrected chi connectivity index (χ4v) is 1.63. The summed E-state index contributed by atoms with van der Waals surface area (Å²) in [5.41, 5.74) is 6.80. The van der Waals surface area contributed by atoms with Crippen molar-refractivity contribution in [1.29, 1.82) is 0 Å². The first-order chi connectivity index (χ1) is 9.19. The van der Waals surface area contributed by atoms with Crippen LogP contribution in [-0.2, 0) is 6.54 Å². The van der Waals surface area contributed by atoms with E-state index in [9.17, 15) is 4.79 Å². The van der Waals surface area contributed by atoms with Crippen LogP contribution in [0, 0.1) is 0 Å². The van der Waals surface area contributed by atoms with Crippen molar-refractivity contribution >= 4 is 11.7 Å². The number of hydrogen-bond donors (Lipinski definition) is 2. The number of benzene rings is 1. The van der Waals surface area contributed by atoms with Crippen LogP contribution in [0.2, 0.25) is 0 Å². The van der Waals surface area contributed by atoms with Gasteiger partial charge in [0.1, 0.15) is 17.3 Å². The number of methoxy groups -OCH3 is 1. The van der Waals surface area contributed by atoms with Gasteiger partial charge in [0.2, 0.25) is 0 Å². The number of carbonyl (C=O) groups is 1. The van der Waals surface area contributed by atoms with Crippen molar-refractivity contribution in [1.82, 2.24) is 10.3 Å². The molecule has 98 valence electrons. The van der Waals surface area contributed by atoms with Crippen LogP contribution in [0.15, 0.2) is 42.5 Å². The number of anilines is 1. The lowest BCUT2D eigenvalue weighted by Gasteiger charge is -2.06. The molecule has 5 nitrogen and oxygen atoms in total. The highest BCUT2D eigenvalue weighted by atomic mass is 16.5. The Balaban J connectivity index is 2.00. The van der Waals surface area contributed by atoms with E-state index in [1.165, 1.54) is 0 Å². The van der Waals surface area contributed by atoms with Gasteiger partial charge in [0.05, 0.1) is 7.11 Å². The molecule has 0 bridgehead atoms. The molecule has 1 aromatic carbocycles. The molecule has 19 heavy (non-hydrogen) atoms. The number of amides is 1. The Hall–Kier alpha value is -2.56. The van der Waals surface area contributed by atoms with Gasteiger partial charge < -0.3 is 15.8 Å². The molecule has 0 fully saturated rings. The molecule has 0 aliphatic carbocycles. The summed E-state index contributed by atoms with van der Waals surface area (Å²) >= 11 is 0. The third-order valence-corrected chi connectivity index (χ3v) is 2.59. The Labute approximate surface area is 111 Å². The minimum absolute atomic E-state index is 0.255. The minimum atomic E-state index is -0.255. The van der Waals surface area contributed by atoms with Crippen LogP contribution in [0.3, 0.4) is 0 Å². The molecule has 0 unspecified atom stereocenters. The number of rotatable bonds is 4. The van der Waals surface area contributed by atoms with Crippen LogP contribution in [0.5, 0.6) is 5.75 Å². The molecule has 0 saturated carbocycles. The summed E-state index contributed by atoms with van der Waals surface area (Å²) in [6.07, 6.45) is 0. The normalized spacial score (nSPS) is 9.95. The van der Waals surface area contributed by atoms with Gasteiger partial charge in [-0.3, -0.25) is 4.79 Å². The van der Waals surface area contributed by atoms with E-state index in [4.69, 9.17) is 10.5 Å². The second kappa shape index (κ2) is 5.86. The molecule has 0 saturated heterocycles. The van der Waals surface area contributed by atoms with E-state index in [-0.39, 0.29) is 5.91 Å². The lowest BCUT2D eigenvalue weighted by molar-refractivity contribution is 0.0946. The first kappa shape index (κ1) is 12.9. The summed E-state index contributed by atoms with van der Waals surface area (Å²) in [4.78, 5) is 15.8. The van der Waals surface area contributed by atoms with Gasteiger partial charge in [0, 0.05) is 6.54 Å². The zero-order valence-electron chi connectivity index (χ0n) is 10.6. The van der Waals surface area contributed by atoms with Gasteiger partial charge >= 0.3 is 0 Å². The number of pyridine rings is 1. The van der Waals surface area contributed by atoms with Crippen molar-refractivity contribution in [3.8, 4) is 5.75 Å². The standard InChI is InChI=1S/C14H15N3O2/c1-19-11-5-2-4-10(8-11)9-16-14(18)12-6-3-7-13(15)17-12/h2-8H,9H2,1H3,(H2,15,17)(H,16,18). The lowest BCUT2D eigenvalue weighted by Crippen LogP contribution is -2.24. The number of carbonyl (C=O) groups excluding carboxylic acids is 1. The second-order valence-corrected chi connectivity index (χ2v) is 3.98. The third-order valence-electron chi connectivity index (χ3n) is 2.59. The second-order valence-electron chi connectivity index (χ2n) is 3.98. The largest absolute Gasteiger partial charge is 0.497 e. The summed E-state index contributed by atoms with van der Waals surface area (Å²) in [5, 5.41) is 2.78. The highest BCUT2D eigenvalue weighted by Gasteiger charge is 2.07. The fraction of sp³-hybridized carbons (Fsp3) is 0.143. The molecular weight excluding hydrogens is 242 g/mol. The van der Waals surface area contributed by atoms with Crippen LogP contribution >= 0.6 is 0 Å². The average Bonchev–Trinajstić information content (AvgIpc) is 2.45. The van der Waals surface area contributed by atoms with Crippen LogP contribution in [0.25, 0.3) is 0 Å². The zero-order valence-corrected chi connectivity index (χ0v) is 10.6. The number of aromatic nitrogens is 1. The number of nitrogens with zero attached hydrogens (tertiary/aromatic N) is 1. The molecule has 1 heterocycles. The maximum Gasteiger partial charge on any atom is 0.270 e. The van der Waals surface area contributed by atoms with Gasteiger partial charge in [-0.2, -0.15) is 0 Å². The Morgan fingerprint density at radius 2 is 2.11 bits per heavy atom. The number of ether oxygens (including phenoxy) is 1. The van der Waals surface area contributed by atoms with Gasteiger partial charge in [-0.25, -0.2) is 4.98 Å². The lowest BCUT2D eigenvalue weighted by atomic mass is 10.2.